The van der Waals surface area contributed by atoms with Crippen molar-refractivity contribution in [2.45, 2.75) is 13.5 Å². The van der Waals surface area contributed by atoms with Crippen LogP contribution in [0.4, 0.5) is 5.69 Å². The number of carbonyl (C=O) groups is 2. The van der Waals surface area contributed by atoms with Crippen molar-refractivity contribution in [1.82, 2.24) is 9.88 Å². The molecule has 4 aromatic rings. The number of furan rings is 1. The topological polar surface area (TPSA) is 85.8 Å². The van der Waals surface area contributed by atoms with Crippen molar-refractivity contribution in [1.29, 1.82) is 0 Å². The van der Waals surface area contributed by atoms with Gasteiger partial charge in [-0.2, -0.15) is 0 Å². The van der Waals surface area contributed by atoms with E-state index in [9.17, 15) is 9.59 Å². The summed E-state index contributed by atoms with van der Waals surface area (Å²) in [6.45, 7) is 2.43. The maximum Gasteiger partial charge on any atom is 0.373 e. The molecule has 1 fully saturated rings. The Balaban J connectivity index is 1.44. The number of para-hydroxylation sites is 1. The van der Waals surface area contributed by atoms with E-state index in [0.29, 0.717) is 22.4 Å². The average molecular weight is 472 g/mol. The molecule has 2 aromatic carbocycles. The predicted molar refractivity (Wildman–Crippen MR) is 133 cm³/mol. The minimum Gasteiger partial charge on any atom is -0.463 e. The van der Waals surface area contributed by atoms with Gasteiger partial charge in [-0.05, 0) is 60.7 Å². The average Bonchev–Trinajstić information content (AvgIpc) is 3.52. The van der Waals surface area contributed by atoms with Crippen molar-refractivity contribution in [2.75, 3.05) is 7.11 Å². The first kappa shape index (κ1) is 21.8. The van der Waals surface area contributed by atoms with Crippen LogP contribution in [0.5, 0.6) is 0 Å². The lowest BCUT2D eigenvalue weighted by atomic mass is 10.1. The molecule has 0 spiro atoms. The zero-order valence-electron chi connectivity index (χ0n) is 18.6. The van der Waals surface area contributed by atoms with Crippen molar-refractivity contribution in [3.8, 4) is 0 Å². The first-order valence-corrected chi connectivity index (χ1v) is 11.4. The standard InChI is InChI=1S/C26H21N3O4S/c1-16-6-5-7-18(12-16)27-26-28-24(30)23(34-26)13-17-14-29(21-9-4-3-8-20(17)21)15-19-10-11-22(33-19)25(31)32-2/h3-14H,15H2,1-2H3,(H,27,28,30)/b23-13-. The molecule has 34 heavy (non-hydrogen) atoms. The van der Waals surface area contributed by atoms with E-state index in [1.807, 2.05) is 72.3 Å². The van der Waals surface area contributed by atoms with Gasteiger partial charge >= 0.3 is 5.97 Å². The van der Waals surface area contributed by atoms with E-state index >= 15 is 0 Å². The Morgan fingerprint density at radius 1 is 1.18 bits per heavy atom. The number of aromatic nitrogens is 1. The van der Waals surface area contributed by atoms with Gasteiger partial charge in [0.05, 0.1) is 24.2 Å². The first-order valence-electron chi connectivity index (χ1n) is 10.6. The minimum absolute atomic E-state index is 0.163. The second-order valence-electron chi connectivity index (χ2n) is 7.81. The lowest BCUT2D eigenvalue weighted by Gasteiger charge is -2.02. The quantitative estimate of drug-likeness (QED) is 0.317. The number of fused-ring (bicyclic) bond motifs is 1. The van der Waals surface area contributed by atoms with Gasteiger partial charge in [0.1, 0.15) is 5.76 Å². The molecule has 5 rings (SSSR count). The van der Waals surface area contributed by atoms with Crippen LogP contribution >= 0.6 is 11.8 Å². The molecular weight excluding hydrogens is 450 g/mol. The summed E-state index contributed by atoms with van der Waals surface area (Å²) in [4.78, 5) is 29.5. The summed E-state index contributed by atoms with van der Waals surface area (Å²) in [7, 11) is 1.32. The fraction of sp³-hybridized carbons (Fsp3) is 0.115. The van der Waals surface area contributed by atoms with Gasteiger partial charge in [-0.3, -0.25) is 4.79 Å². The molecule has 170 valence electrons. The largest absolute Gasteiger partial charge is 0.463 e. The Labute approximate surface area is 200 Å². The van der Waals surface area contributed by atoms with E-state index in [4.69, 9.17) is 9.15 Å². The molecule has 1 saturated heterocycles. The van der Waals surface area contributed by atoms with E-state index < -0.39 is 5.97 Å². The SMILES string of the molecule is COC(=O)c1ccc(Cn2cc(/C=C3\SC(=Nc4cccc(C)c4)NC3=O)c3ccccc32)o1. The number of thioether (sulfide) groups is 1. The highest BCUT2D eigenvalue weighted by Crippen LogP contribution is 2.31. The highest BCUT2D eigenvalue weighted by Gasteiger charge is 2.24. The normalized spacial score (nSPS) is 15.9. The molecule has 1 aliphatic heterocycles. The summed E-state index contributed by atoms with van der Waals surface area (Å²) in [6, 6.07) is 19.1. The highest BCUT2D eigenvalue weighted by atomic mass is 32.2. The lowest BCUT2D eigenvalue weighted by molar-refractivity contribution is -0.115. The van der Waals surface area contributed by atoms with Crippen LogP contribution in [0.2, 0.25) is 0 Å². The van der Waals surface area contributed by atoms with Crippen molar-refractivity contribution < 1.29 is 18.7 Å². The van der Waals surface area contributed by atoms with Crippen molar-refractivity contribution >= 4 is 51.5 Å². The molecule has 0 bridgehead atoms. The van der Waals surface area contributed by atoms with Crippen molar-refractivity contribution in [3.05, 3.63) is 94.4 Å². The van der Waals surface area contributed by atoms with Gasteiger partial charge < -0.3 is 19.0 Å². The number of aryl methyl sites for hydroxylation is 1. The summed E-state index contributed by atoms with van der Waals surface area (Å²) in [5.41, 5.74) is 3.80. The molecule has 0 saturated carbocycles. The number of hydrogen-bond donors (Lipinski definition) is 1. The van der Waals surface area contributed by atoms with Gasteiger partial charge in [0.15, 0.2) is 5.17 Å². The Morgan fingerprint density at radius 3 is 2.85 bits per heavy atom. The van der Waals surface area contributed by atoms with Crippen LogP contribution < -0.4 is 5.32 Å². The van der Waals surface area contributed by atoms with Gasteiger partial charge in [-0.25, -0.2) is 9.79 Å². The fourth-order valence-corrected chi connectivity index (χ4v) is 4.63. The predicted octanol–water partition coefficient (Wildman–Crippen LogP) is 5.27. The molecule has 1 aliphatic rings. The molecule has 1 N–H and O–H groups in total. The third kappa shape index (κ3) is 4.40. The molecule has 0 radical (unpaired) electrons. The molecular formula is C26H21N3O4S. The zero-order valence-corrected chi connectivity index (χ0v) is 19.4. The molecule has 0 unspecified atom stereocenters. The summed E-state index contributed by atoms with van der Waals surface area (Å²) in [6.07, 6.45) is 3.85. The number of hydrogen-bond acceptors (Lipinski definition) is 6. The number of benzene rings is 2. The minimum atomic E-state index is -0.513. The van der Waals surface area contributed by atoms with Crippen LogP contribution in [0.15, 0.2) is 81.2 Å². The fourth-order valence-electron chi connectivity index (χ4n) is 3.80. The number of nitrogens with zero attached hydrogens (tertiary/aromatic N) is 2. The van der Waals surface area contributed by atoms with Crippen molar-refractivity contribution in [3.63, 3.8) is 0 Å². The second-order valence-corrected chi connectivity index (χ2v) is 8.84. The van der Waals surface area contributed by atoms with Crippen LogP contribution in [0.3, 0.4) is 0 Å². The van der Waals surface area contributed by atoms with Gasteiger partial charge in [0.25, 0.3) is 5.91 Å². The van der Waals surface area contributed by atoms with E-state index in [2.05, 4.69) is 10.3 Å². The molecule has 1 amide bonds. The lowest BCUT2D eigenvalue weighted by Crippen LogP contribution is -2.19. The maximum absolute atomic E-state index is 12.6. The van der Waals surface area contributed by atoms with Crippen LogP contribution in [0.1, 0.15) is 27.4 Å². The Bertz CT molecular complexity index is 1480. The number of methoxy groups -OCH3 is 1. The third-order valence-electron chi connectivity index (χ3n) is 5.36. The smallest absolute Gasteiger partial charge is 0.373 e. The summed E-state index contributed by atoms with van der Waals surface area (Å²) in [5.74, 6) is 0.0973. The third-order valence-corrected chi connectivity index (χ3v) is 6.27. The number of carbonyl (C=O) groups excluding carboxylic acids is 2. The van der Waals surface area contributed by atoms with Crippen molar-refractivity contribution in [2.24, 2.45) is 4.99 Å². The number of esters is 1. The Kier molecular flexibility index (Phi) is 5.81. The van der Waals surface area contributed by atoms with Gasteiger partial charge in [-0.1, -0.05) is 30.3 Å². The molecule has 7 nitrogen and oxygen atoms in total. The molecule has 0 atom stereocenters. The Hall–Kier alpha value is -4.04. The Morgan fingerprint density at radius 2 is 2.03 bits per heavy atom. The van der Waals surface area contributed by atoms with Crippen LogP contribution in [0, 0.1) is 6.92 Å². The van der Waals surface area contributed by atoms with Gasteiger partial charge in [0, 0.05) is 22.7 Å². The number of aliphatic imine (C=N–C) groups is 1. The summed E-state index contributed by atoms with van der Waals surface area (Å²) >= 11 is 1.32. The molecule has 2 aromatic heterocycles. The van der Waals surface area contributed by atoms with Crippen LogP contribution in [0.25, 0.3) is 17.0 Å². The number of amidine groups is 1. The number of nitrogens with one attached hydrogen (secondary N) is 1. The van der Waals surface area contributed by atoms with Gasteiger partial charge in [0.2, 0.25) is 5.76 Å². The molecule has 3 heterocycles. The summed E-state index contributed by atoms with van der Waals surface area (Å²) in [5, 5.41) is 4.40. The molecule has 8 heteroatoms. The first-order chi connectivity index (χ1) is 16.5. The second kappa shape index (κ2) is 9.07. The zero-order chi connectivity index (χ0) is 23.7. The number of amides is 1. The number of ether oxygens (including phenoxy) is 1. The van der Waals surface area contributed by atoms with E-state index in [1.54, 1.807) is 12.1 Å². The van der Waals surface area contributed by atoms with Crippen LogP contribution in [-0.2, 0) is 16.1 Å². The van der Waals surface area contributed by atoms with E-state index in [1.165, 1.54) is 18.9 Å². The number of rotatable bonds is 5. The highest BCUT2D eigenvalue weighted by molar-refractivity contribution is 8.18. The van der Waals surface area contributed by atoms with Crippen LogP contribution in [-0.4, -0.2) is 28.7 Å². The van der Waals surface area contributed by atoms with E-state index in [0.717, 1.165) is 27.7 Å². The van der Waals surface area contributed by atoms with Gasteiger partial charge in [-0.15, -0.1) is 0 Å². The monoisotopic (exact) mass is 471 g/mol. The maximum atomic E-state index is 12.6. The molecule has 0 aliphatic carbocycles. The summed E-state index contributed by atoms with van der Waals surface area (Å²) < 4.78 is 12.4. The van der Waals surface area contributed by atoms with E-state index in [-0.39, 0.29) is 11.7 Å².